The van der Waals surface area contributed by atoms with Gasteiger partial charge in [0.1, 0.15) is 17.4 Å². The molecule has 9 heteroatoms. The summed E-state index contributed by atoms with van der Waals surface area (Å²) in [5, 5.41) is 2.81. The van der Waals surface area contributed by atoms with E-state index in [4.69, 9.17) is 16.3 Å². The molecule has 2 aromatic rings. The minimum Gasteiger partial charge on any atom is -0.496 e. The number of ether oxygens (including phenoxy) is 1. The molecule has 3 aliphatic rings. The number of allylic oxidation sites excluding steroid dienone is 6. The van der Waals surface area contributed by atoms with Crippen LogP contribution in [0.4, 0.5) is 8.78 Å². The summed E-state index contributed by atoms with van der Waals surface area (Å²) in [6, 6.07) is 9.40. The molecule has 2 heterocycles. The number of rotatable bonds is 5. The number of aromatic nitrogens is 1. The third-order valence-electron chi connectivity index (χ3n) is 6.38. The predicted molar refractivity (Wildman–Crippen MR) is 156 cm³/mol. The number of hydrogen-bond acceptors (Lipinski definition) is 5. The first-order chi connectivity index (χ1) is 19.0. The van der Waals surface area contributed by atoms with Crippen LogP contribution in [-0.2, 0) is 11.3 Å². The van der Waals surface area contributed by atoms with Crippen molar-refractivity contribution in [1.29, 1.82) is 0 Å². The Hall–Kier alpha value is -2.94. The van der Waals surface area contributed by atoms with Crippen molar-refractivity contribution in [3.05, 3.63) is 93.0 Å². The number of benzene rings is 1. The third-order valence-corrected chi connectivity index (χ3v) is 8.08. The van der Waals surface area contributed by atoms with Gasteiger partial charge in [-0.1, -0.05) is 74.0 Å². The molecular weight excluding hydrogens is 540 g/mol. The average Bonchev–Trinajstić information content (AvgIpc) is 3.12. The van der Waals surface area contributed by atoms with Gasteiger partial charge in [-0.3, -0.25) is 9.78 Å². The lowest BCUT2D eigenvalue weighted by Crippen LogP contribution is -2.26. The van der Waals surface area contributed by atoms with E-state index in [0.29, 0.717) is 5.75 Å². The Morgan fingerprint density at radius 2 is 1.69 bits per heavy atom. The lowest BCUT2D eigenvalue weighted by molar-refractivity contribution is -0.117. The molecule has 1 aromatic carbocycles. The number of nitrogens with one attached hydrogen (secondary N) is 1. The van der Waals surface area contributed by atoms with Gasteiger partial charge in [0.2, 0.25) is 0 Å². The van der Waals surface area contributed by atoms with Gasteiger partial charge in [-0.05, 0) is 54.6 Å². The van der Waals surface area contributed by atoms with Crippen LogP contribution in [0.3, 0.4) is 0 Å². The predicted octanol–water partition coefficient (Wildman–Crippen LogP) is 7.71. The molecule has 0 radical (unpaired) electrons. The highest BCUT2D eigenvalue weighted by molar-refractivity contribution is 8.07. The van der Waals surface area contributed by atoms with Crippen LogP contribution < -0.4 is 15.8 Å². The Morgan fingerprint density at radius 1 is 1.05 bits per heavy atom. The highest BCUT2D eigenvalue weighted by Crippen LogP contribution is 2.46. The molecule has 5 rings (SSSR count). The summed E-state index contributed by atoms with van der Waals surface area (Å²) in [6.07, 6.45) is 15.9. The fourth-order valence-electron chi connectivity index (χ4n) is 4.34. The summed E-state index contributed by atoms with van der Waals surface area (Å²) in [6.45, 7) is 0.148. The number of halogens is 3. The lowest BCUT2D eigenvalue weighted by atomic mass is 10.0. The first-order valence-electron chi connectivity index (χ1n) is 12.9. The summed E-state index contributed by atoms with van der Waals surface area (Å²) in [7, 11) is 3.05. The second-order valence-corrected chi connectivity index (χ2v) is 10.4. The number of nitrogens with zero attached hydrogens (tertiary/aromatic N) is 1. The van der Waals surface area contributed by atoms with Gasteiger partial charge in [-0.25, -0.2) is 8.78 Å². The number of methoxy groups -OCH3 is 1. The molecule has 1 saturated carbocycles. The zero-order chi connectivity index (χ0) is 28.2. The largest absolute Gasteiger partial charge is 0.496 e. The van der Waals surface area contributed by atoms with Gasteiger partial charge in [-0.15, -0.1) is 0 Å². The van der Waals surface area contributed by atoms with Crippen molar-refractivity contribution in [2.24, 2.45) is 11.7 Å². The molecule has 1 aliphatic heterocycles. The van der Waals surface area contributed by atoms with Gasteiger partial charge in [0.15, 0.2) is 0 Å². The van der Waals surface area contributed by atoms with Crippen LogP contribution in [0.5, 0.6) is 5.75 Å². The second-order valence-electron chi connectivity index (χ2n) is 8.92. The maximum atomic E-state index is 14.3. The number of fused-ring (bicyclic) bond motifs is 1. The molecule has 2 aliphatic carbocycles. The Bertz CT molecular complexity index is 1250. The highest BCUT2D eigenvalue weighted by Gasteiger charge is 2.32. The molecule has 5 nitrogen and oxygen atoms in total. The van der Waals surface area contributed by atoms with E-state index in [-0.39, 0.29) is 21.4 Å². The minimum atomic E-state index is -0.965. The van der Waals surface area contributed by atoms with Gasteiger partial charge >= 0.3 is 0 Å². The van der Waals surface area contributed by atoms with E-state index >= 15 is 0 Å². The van der Waals surface area contributed by atoms with Crippen LogP contribution >= 0.6 is 23.4 Å². The molecule has 2 bridgehead atoms. The van der Waals surface area contributed by atoms with Crippen LogP contribution in [0, 0.1) is 5.92 Å². The Morgan fingerprint density at radius 3 is 2.31 bits per heavy atom. The van der Waals surface area contributed by atoms with E-state index in [2.05, 4.69) is 16.0 Å². The standard InChI is InChI=1S/C23H17ClF2N2O2S.C6H12.CH5N/c1-30-19-5-2-14(13-6-8-27-9-7-13)10-15(19)12-28-23(29)22-21(24)16-11-20(31-22)18(26)4-3-17(16)25;1-2-4-6-5-3-1;1-2/h2-11,16H,12H2,1H3,(H,28,29);1-6H2;2H2,1H3. The van der Waals surface area contributed by atoms with E-state index < -0.39 is 23.5 Å². The van der Waals surface area contributed by atoms with Gasteiger partial charge in [-0.2, -0.15) is 0 Å². The highest BCUT2D eigenvalue weighted by atomic mass is 35.5. The first-order valence-corrected chi connectivity index (χ1v) is 14.1. The van der Waals surface area contributed by atoms with Gasteiger partial charge < -0.3 is 15.8 Å². The van der Waals surface area contributed by atoms with E-state index in [9.17, 15) is 13.6 Å². The second kappa shape index (κ2) is 15.6. The molecule has 1 atom stereocenters. The van der Waals surface area contributed by atoms with Crippen molar-refractivity contribution >= 4 is 29.3 Å². The number of amides is 1. The van der Waals surface area contributed by atoms with Crippen molar-refractivity contribution < 1.29 is 18.3 Å². The summed E-state index contributed by atoms with van der Waals surface area (Å²) >= 11 is 7.19. The minimum absolute atomic E-state index is 0.0283. The van der Waals surface area contributed by atoms with Crippen molar-refractivity contribution in [1.82, 2.24) is 10.3 Å². The van der Waals surface area contributed by atoms with E-state index in [1.807, 2.05) is 30.3 Å². The molecule has 1 unspecified atom stereocenters. The number of carbonyl (C=O) groups excluding carboxylic acids is 1. The smallest absolute Gasteiger partial charge is 0.259 e. The number of carbonyl (C=O) groups is 1. The Labute approximate surface area is 238 Å². The van der Waals surface area contributed by atoms with Gasteiger partial charge in [0.25, 0.3) is 5.91 Å². The normalized spacial score (nSPS) is 18.1. The van der Waals surface area contributed by atoms with Gasteiger partial charge in [0, 0.05) is 29.4 Å². The summed E-state index contributed by atoms with van der Waals surface area (Å²) in [5.74, 6) is -2.10. The van der Waals surface area contributed by atoms with Crippen molar-refractivity contribution in [2.45, 2.75) is 45.1 Å². The number of pyridine rings is 1. The number of nitrogens with two attached hydrogens (primary N) is 1. The SMILES string of the molecule is C1CCCCC1.CN.COc1ccc(-c2ccncc2)cc1CNC(=O)C1=C(Cl)C2C=C(S1)C(F)=CC=C2F. The van der Waals surface area contributed by atoms with Crippen LogP contribution in [0.25, 0.3) is 11.1 Å². The molecule has 208 valence electrons. The van der Waals surface area contributed by atoms with Crippen LogP contribution in [0.15, 0.2) is 87.4 Å². The number of thioether (sulfide) groups is 1. The van der Waals surface area contributed by atoms with E-state index in [1.165, 1.54) is 51.6 Å². The monoisotopic (exact) mass is 573 g/mol. The fraction of sp³-hybridized carbons (Fsp3) is 0.333. The summed E-state index contributed by atoms with van der Waals surface area (Å²) in [4.78, 5) is 17.1. The zero-order valence-corrected chi connectivity index (χ0v) is 23.8. The molecule has 1 amide bonds. The topological polar surface area (TPSA) is 77.2 Å². The Kier molecular flexibility index (Phi) is 12.2. The number of hydrogen-bond donors (Lipinski definition) is 2. The summed E-state index contributed by atoms with van der Waals surface area (Å²) < 4.78 is 33.8. The average molecular weight is 574 g/mol. The van der Waals surface area contributed by atoms with Crippen LogP contribution in [0.1, 0.15) is 44.1 Å². The first kappa shape index (κ1) is 30.6. The van der Waals surface area contributed by atoms with Crippen molar-refractivity contribution in [2.75, 3.05) is 14.2 Å². The third kappa shape index (κ3) is 8.27. The van der Waals surface area contributed by atoms with Crippen LogP contribution in [-0.4, -0.2) is 25.0 Å². The quantitative estimate of drug-likeness (QED) is 0.383. The van der Waals surface area contributed by atoms with Gasteiger partial charge in [0.05, 0.1) is 23.0 Å². The summed E-state index contributed by atoms with van der Waals surface area (Å²) in [5.41, 5.74) is 7.16. The molecule has 1 fully saturated rings. The van der Waals surface area contributed by atoms with Crippen molar-refractivity contribution in [3.8, 4) is 16.9 Å². The van der Waals surface area contributed by atoms with Crippen molar-refractivity contribution in [3.63, 3.8) is 0 Å². The molecule has 3 N–H and O–H groups in total. The molecular formula is C30H34ClF2N3O2S. The van der Waals surface area contributed by atoms with E-state index in [0.717, 1.165) is 40.6 Å². The zero-order valence-electron chi connectivity index (χ0n) is 22.2. The lowest BCUT2D eigenvalue weighted by Gasteiger charge is -2.21. The Balaban J connectivity index is 0.000000457. The molecule has 39 heavy (non-hydrogen) atoms. The molecule has 0 saturated heterocycles. The van der Waals surface area contributed by atoms with E-state index in [1.54, 1.807) is 19.5 Å². The fourth-order valence-corrected chi connectivity index (χ4v) is 5.69. The molecule has 0 spiro atoms. The van der Waals surface area contributed by atoms with Crippen LogP contribution in [0.2, 0.25) is 0 Å². The molecule has 1 aromatic heterocycles. The maximum absolute atomic E-state index is 14.3. The maximum Gasteiger partial charge on any atom is 0.259 e.